The maximum Gasteiger partial charge on any atom is 0.339 e. The van der Waals surface area contributed by atoms with Gasteiger partial charge in [-0.2, -0.15) is 0 Å². The SMILES string of the molecule is NC(=O)c1c(NC(=O)COc2ccc3c4c(c(=O)oc3c2)CCC4)sc2c1CCC2. The zero-order chi connectivity index (χ0) is 20.8. The van der Waals surface area contributed by atoms with E-state index in [1.807, 2.05) is 6.07 Å². The van der Waals surface area contributed by atoms with Crippen LogP contribution in [0, 0.1) is 0 Å². The summed E-state index contributed by atoms with van der Waals surface area (Å²) in [6.45, 7) is -0.235. The summed E-state index contributed by atoms with van der Waals surface area (Å²) in [5.41, 5.74) is 8.89. The van der Waals surface area contributed by atoms with Gasteiger partial charge in [0, 0.05) is 21.9 Å². The first-order chi connectivity index (χ1) is 14.5. The van der Waals surface area contributed by atoms with Gasteiger partial charge in [0.05, 0.1) is 5.56 Å². The van der Waals surface area contributed by atoms with Crippen LogP contribution in [0.5, 0.6) is 5.75 Å². The van der Waals surface area contributed by atoms with Crippen molar-refractivity contribution in [1.29, 1.82) is 0 Å². The van der Waals surface area contributed by atoms with Gasteiger partial charge >= 0.3 is 5.63 Å². The molecule has 0 saturated heterocycles. The molecule has 0 radical (unpaired) electrons. The normalized spacial score (nSPS) is 14.5. The number of nitrogens with one attached hydrogen (secondary N) is 1. The topological polar surface area (TPSA) is 112 Å². The van der Waals surface area contributed by atoms with Gasteiger partial charge in [0.2, 0.25) is 0 Å². The van der Waals surface area contributed by atoms with E-state index in [1.165, 1.54) is 11.3 Å². The molecule has 2 amide bonds. The van der Waals surface area contributed by atoms with Gasteiger partial charge in [-0.05, 0) is 61.8 Å². The van der Waals surface area contributed by atoms with Crippen LogP contribution >= 0.6 is 11.3 Å². The van der Waals surface area contributed by atoms with Crippen LogP contribution in [0.1, 0.15) is 44.8 Å². The Kier molecular flexibility index (Phi) is 4.58. The van der Waals surface area contributed by atoms with E-state index in [0.717, 1.165) is 65.5 Å². The number of hydrogen-bond donors (Lipinski definition) is 2. The van der Waals surface area contributed by atoms with Gasteiger partial charge in [-0.25, -0.2) is 4.79 Å². The first kappa shape index (κ1) is 18.9. The number of primary amides is 1. The number of rotatable bonds is 5. The van der Waals surface area contributed by atoms with Crippen molar-refractivity contribution in [3.63, 3.8) is 0 Å². The molecule has 2 aromatic heterocycles. The summed E-state index contributed by atoms with van der Waals surface area (Å²) in [4.78, 5) is 37.5. The molecule has 5 rings (SSSR count). The quantitative estimate of drug-likeness (QED) is 0.612. The van der Waals surface area contributed by atoms with Crippen molar-refractivity contribution in [1.82, 2.24) is 0 Å². The molecule has 3 aromatic rings. The second-order valence-electron chi connectivity index (χ2n) is 7.62. The van der Waals surface area contributed by atoms with Gasteiger partial charge in [0.15, 0.2) is 6.61 Å². The van der Waals surface area contributed by atoms with E-state index in [9.17, 15) is 14.4 Å². The minimum atomic E-state index is -0.525. The van der Waals surface area contributed by atoms with Crippen LogP contribution in [0.2, 0.25) is 0 Å². The van der Waals surface area contributed by atoms with Crippen molar-refractivity contribution < 1.29 is 18.7 Å². The summed E-state index contributed by atoms with van der Waals surface area (Å²) in [6.07, 6.45) is 5.29. The number of thiophene rings is 1. The number of carbonyl (C=O) groups is 2. The number of aryl methyl sites for hydroxylation is 2. The summed E-state index contributed by atoms with van der Waals surface area (Å²) in [6, 6.07) is 5.27. The average molecular weight is 424 g/mol. The predicted molar refractivity (Wildman–Crippen MR) is 113 cm³/mol. The zero-order valence-corrected chi connectivity index (χ0v) is 17.0. The maximum atomic E-state index is 12.4. The summed E-state index contributed by atoms with van der Waals surface area (Å²) in [7, 11) is 0. The molecule has 0 spiro atoms. The van der Waals surface area contributed by atoms with Crippen LogP contribution in [0.15, 0.2) is 27.4 Å². The molecule has 2 heterocycles. The molecule has 3 N–H and O–H groups in total. The smallest absolute Gasteiger partial charge is 0.339 e. The molecule has 2 aliphatic carbocycles. The number of nitrogens with two attached hydrogens (primary N) is 1. The lowest BCUT2D eigenvalue weighted by Gasteiger charge is -2.09. The molecule has 0 atom stereocenters. The van der Waals surface area contributed by atoms with Crippen LogP contribution in [0.4, 0.5) is 5.00 Å². The Bertz CT molecular complexity index is 1260. The van der Waals surface area contributed by atoms with Gasteiger partial charge in [-0.3, -0.25) is 9.59 Å². The van der Waals surface area contributed by atoms with Crippen molar-refractivity contribution in [2.24, 2.45) is 5.73 Å². The first-order valence-electron chi connectivity index (χ1n) is 9.97. The highest BCUT2D eigenvalue weighted by atomic mass is 32.1. The minimum Gasteiger partial charge on any atom is -0.484 e. The number of hydrogen-bond acceptors (Lipinski definition) is 6. The van der Waals surface area contributed by atoms with Crippen molar-refractivity contribution in [2.75, 3.05) is 11.9 Å². The summed E-state index contributed by atoms with van der Waals surface area (Å²) in [5.74, 6) is -0.474. The number of ether oxygens (including phenoxy) is 1. The highest BCUT2D eigenvalue weighted by Gasteiger charge is 2.26. The monoisotopic (exact) mass is 424 g/mol. The number of amides is 2. The van der Waals surface area contributed by atoms with E-state index in [4.69, 9.17) is 14.9 Å². The van der Waals surface area contributed by atoms with Crippen LogP contribution in [-0.2, 0) is 30.5 Å². The number of benzene rings is 1. The average Bonchev–Trinajstić information content (AvgIpc) is 3.42. The fourth-order valence-corrected chi connectivity index (χ4v) is 5.73. The predicted octanol–water partition coefficient (Wildman–Crippen LogP) is 2.95. The van der Waals surface area contributed by atoms with E-state index in [0.29, 0.717) is 21.9 Å². The van der Waals surface area contributed by atoms with Crippen molar-refractivity contribution in [2.45, 2.75) is 38.5 Å². The fourth-order valence-electron chi connectivity index (χ4n) is 4.42. The molecule has 8 heteroatoms. The van der Waals surface area contributed by atoms with Crippen molar-refractivity contribution >= 4 is 39.1 Å². The highest BCUT2D eigenvalue weighted by molar-refractivity contribution is 7.17. The second kappa shape index (κ2) is 7.28. The van der Waals surface area contributed by atoms with Gasteiger partial charge in [0.25, 0.3) is 11.8 Å². The van der Waals surface area contributed by atoms with Crippen LogP contribution in [-0.4, -0.2) is 18.4 Å². The third-order valence-corrected chi connectivity index (χ3v) is 6.94. The Balaban J connectivity index is 1.31. The van der Waals surface area contributed by atoms with Gasteiger partial charge in [0.1, 0.15) is 16.3 Å². The molecule has 0 bridgehead atoms. The van der Waals surface area contributed by atoms with Crippen LogP contribution in [0.25, 0.3) is 11.0 Å². The Morgan fingerprint density at radius 1 is 1.10 bits per heavy atom. The van der Waals surface area contributed by atoms with E-state index >= 15 is 0 Å². The van der Waals surface area contributed by atoms with E-state index in [-0.39, 0.29) is 18.1 Å². The molecule has 154 valence electrons. The lowest BCUT2D eigenvalue weighted by molar-refractivity contribution is -0.118. The van der Waals surface area contributed by atoms with Crippen molar-refractivity contribution in [3.05, 3.63) is 55.8 Å². The molecule has 2 aliphatic rings. The van der Waals surface area contributed by atoms with Gasteiger partial charge < -0.3 is 20.2 Å². The standard InChI is InChI=1S/C22H20N2O5S/c23-20(26)19-15-5-2-6-17(15)30-21(19)24-18(25)10-28-11-7-8-13-12-3-1-4-14(12)22(27)29-16(13)9-11/h7-9H,1-6,10H2,(H2,23,26)(H,24,25). The molecular formula is C22H20N2O5S. The van der Waals surface area contributed by atoms with E-state index in [1.54, 1.807) is 12.1 Å². The zero-order valence-electron chi connectivity index (χ0n) is 16.2. The largest absolute Gasteiger partial charge is 0.484 e. The maximum absolute atomic E-state index is 12.4. The number of fused-ring (bicyclic) bond motifs is 4. The van der Waals surface area contributed by atoms with Crippen molar-refractivity contribution in [3.8, 4) is 5.75 Å². The molecule has 0 fully saturated rings. The van der Waals surface area contributed by atoms with Crippen LogP contribution in [0.3, 0.4) is 0 Å². The fraction of sp³-hybridized carbons (Fsp3) is 0.318. The Labute approximate surface area is 175 Å². The van der Waals surface area contributed by atoms with Crippen LogP contribution < -0.4 is 21.4 Å². The molecule has 1 aromatic carbocycles. The van der Waals surface area contributed by atoms with Gasteiger partial charge in [-0.15, -0.1) is 11.3 Å². The molecule has 30 heavy (non-hydrogen) atoms. The second-order valence-corrected chi connectivity index (χ2v) is 8.73. The highest BCUT2D eigenvalue weighted by Crippen LogP contribution is 2.38. The molecule has 0 saturated carbocycles. The molecular weight excluding hydrogens is 404 g/mol. The Hall–Kier alpha value is -3.13. The molecule has 0 unspecified atom stereocenters. The Morgan fingerprint density at radius 3 is 2.70 bits per heavy atom. The third-order valence-electron chi connectivity index (χ3n) is 5.74. The number of carbonyl (C=O) groups excluding carboxylic acids is 2. The number of anilines is 1. The minimum absolute atomic E-state index is 0.235. The van der Waals surface area contributed by atoms with E-state index in [2.05, 4.69) is 5.32 Å². The summed E-state index contributed by atoms with van der Waals surface area (Å²) >= 11 is 1.40. The Morgan fingerprint density at radius 2 is 1.87 bits per heavy atom. The third kappa shape index (κ3) is 3.17. The lowest BCUT2D eigenvalue weighted by Crippen LogP contribution is -2.22. The first-order valence-corrected chi connectivity index (χ1v) is 10.8. The molecule has 7 nitrogen and oxygen atoms in total. The lowest BCUT2D eigenvalue weighted by atomic mass is 10.1. The molecule has 0 aliphatic heterocycles. The summed E-state index contributed by atoms with van der Waals surface area (Å²) < 4.78 is 11.0. The summed E-state index contributed by atoms with van der Waals surface area (Å²) in [5, 5.41) is 4.15. The van der Waals surface area contributed by atoms with E-state index < -0.39 is 5.91 Å². The van der Waals surface area contributed by atoms with Gasteiger partial charge in [-0.1, -0.05) is 0 Å².